The molecule has 2 fully saturated rings. The smallest absolute Gasteiger partial charge is 0.234 e. The second-order valence-electron chi connectivity index (χ2n) is 7.58. The molecule has 30 heavy (non-hydrogen) atoms. The third-order valence-electron chi connectivity index (χ3n) is 5.84. The second-order valence-corrected chi connectivity index (χ2v) is 7.95. The van der Waals surface area contributed by atoms with E-state index < -0.39 is 0 Å². The summed E-state index contributed by atoms with van der Waals surface area (Å²) in [6, 6.07) is 7.66. The Balaban J connectivity index is 1.34. The fourth-order valence-electron chi connectivity index (χ4n) is 4.27. The Hall–Kier alpha value is -3.13. The van der Waals surface area contributed by atoms with Crippen LogP contribution in [0.25, 0.3) is 5.65 Å². The number of imide groups is 1. The molecule has 154 valence electrons. The molecule has 1 aromatic carbocycles. The predicted molar refractivity (Wildman–Crippen MR) is 114 cm³/mol. The first-order valence-corrected chi connectivity index (χ1v) is 10.4. The molecular formula is C21H21ClN6O2. The van der Waals surface area contributed by atoms with E-state index in [0.29, 0.717) is 17.9 Å². The van der Waals surface area contributed by atoms with E-state index in [1.54, 1.807) is 10.7 Å². The minimum atomic E-state index is -0.388. The van der Waals surface area contributed by atoms with Gasteiger partial charge in [-0.1, -0.05) is 23.7 Å². The standard InChI is InChI=1S/C21H21ClN6O2/c22-19-14(15-5-6-18(29)25-21(15)30)3-1-4-16(19)26-9-11-27(12-10-26)17-13-24-28-8-2-7-23-20(17)28/h1-4,7-8,13,15H,5-6,9-12H2,(H,25,29,30). The molecule has 2 saturated heterocycles. The van der Waals surface area contributed by atoms with E-state index >= 15 is 0 Å². The first-order chi connectivity index (χ1) is 14.6. The predicted octanol–water partition coefficient (Wildman–Crippen LogP) is 2.23. The quantitative estimate of drug-likeness (QED) is 0.649. The highest BCUT2D eigenvalue weighted by Gasteiger charge is 2.31. The molecule has 0 radical (unpaired) electrons. The maximum Gasteiger partial charge on any atom is 0.234 e. The topological polar surface area (TPSA) is 82.8 Å². The lowest BCUT2D eigenvalue weighted by Crippen LogP contribution is -2.46. The van der Waals surface area contributed by atoms with Gasteiger partial charge in [0.05, 0.1) is 22.8 Å². The minimum Gasteiger partial charge on any atom is -0.367 e. The molecule has 0 spiro atoms. The largest absolute Gasteiger partial charge is 0.367 e. The average Bonchev–Trinajstić information content (AvgIpc) is 3.19. The number of aromatic nitrogens is 3. The fraction of sp³-hybridized carbons (Fsp3) is 0.333. The van der Waals surface area contributed by atoms with Crippen molar-refractivity contribution < 1.29 is 9.59 Å². The number of carbonyl (C=O) groups excluding carboxylic acids is 2. The normalized spacial score (nSPS) is 20.0. The molecule has 2 aliphatic rings. The van der Waals surface area contributed by atoms with Crippen LogP contribution in [-0.2, 0) is 9.59 Å². The SMILES string of the molecule is O=C1CCC(c2cccc(N3CCN(c4cnn5cccnc45)CC3)c2Cl)C(=O)N1. The van der Waals surface area contributed by atoms with Gasteiger partial charge in [0.1, 0.15) is 5.69 Å². The summed E-state index contributed by atoms with van der Waals surface area (Å²) >= 11 is 6.75. The Morgan fingerprint density at radius 1 is 1.03 bits per heavy atom. The number of halogens is 1. The van der Waals surface area contributed by atoms with Crippen LogP contribution in [0.5, 0.6) is 0 Å². The van der Waals surface area contributed by atoms with Crippen molar-refractivity contribution in [1.82, 2.24) is 19.9 Å². The first-order valence-electron chi connectivity index (χ1n) is 10.0. The summed E-state index contributed by atoms with van der Waals surface area (Å²) in [7, 11) is 0. The lowest BCUT2D eigenvalue weighted by molar-refractivity contribution is -0.134. The van der Waals surface area contributed by atoms with E-state index in [0.717, 1.165) is 48.8 Å². The van der Waals surface area contributed by atoms with Gasteiger partial charge in [-0.3, -0.25) is 14.9 Å². The molecular weight excluding hydrogens is 404 g/mol. The van der Waals surface area contributed by atoms with Crippen molar-refractivity contribution in [2.24, 2.45) is 0 Å². The van der Waals surface area contributed by atoms with Crippen molar-refractivity contribution in [3.8, 4) is 0 Å². The number of hydrogen-bond donors (Lipinski definition) is 1. The number of benzene rings is 1. The number of rotatable bonds is 3. The van der Waals surface area contributed by atoms with Gasteiger partial charge in [-0.25, -0.2) is 9.50 Å². The number of fused-ring (bicyclic) bond motifs is 1. The van der Waals surface area contributed by atoms with Crippen LogP contribution < -0.4 is 15.1 Å². The summed E-state index contributed by atoms with van der Waals surface area (Å²) in [5.74, 6) is -0.876. The highest BCUT2D eigenvalue weighted by molar-refractivity contribution is 6.34. The van der Waals surface area contributed by atoms with E-state index in [4.69, 9.17) is 11.6 Å². The average molecular weight is 425 g/mol. The van der Waals surface area contributed by atoms with Gasteiger partial charge < -0.3 is 9.80 Å². The molecule has 1 unspecified atom stereocenters. The van der Waals surface area contributed by atoms with Gasteiger partial charge in [-0.2, -0.15) is 5.10 Å². The maximum atomic E-state index is 12.3. The fourth-order valence-corrected chi connectivity index (χ4v) is 4.64. The lowest BCUT2D eigenvalue weighted by atomic mass is 9.90. The Labute approximate surface area is 178 Å². The Bertz CT molecular complexity index is 1120. The van der Waals surface area contributed by atoms with Gasteiger partial charge >= 0.3 is 0 Å². The minimum absolute atomic E-state index is 0.221. The highest BCUT2D eigenvalue weighted by Crippen LogP contribution is 2.37. The molecule has 3 aromatic rings. The third kappa shape index (κ3) is 3.27. The second kappa shape index (κ2) is 7.60. The van der Waals surface area contributed by atoms with Crippen LogP contribution in [0.1, 0.15) is 24.3 Å². The van der Waals surface area contributed by atoms with Crippen LogP contribution in [0.3, 0.4) is 0 Å². The van der Waals surface area contributed by atoms with Crippen LogP contribution in [-0.4, -0.2) is 52.6 Å². The van der Waals surface area contributed by atoms with Gasteiger partial charge in [0.2, 0.25) is 11.8 Å². The van der Waals surface area contributed by atoms with Crippen LogP contribution in [0.15, 0.2) is 42.9 Å². The number of piperidine rings is 1. The lowest BCUT2D eigenvalue weighted by Gasteiger charge is -2.37. The van der Waals surface area contributed by atoms with E-state index in [9.17, 15) is 9.59 Å². The molecule has 0 saturated carbocycles. The molecule has 0 bridgehead atoms. The van der Waals surface area contributed by atoms with E-state index in [2.05, 4.69) is 25.2 Å². The molecule has 1 N–H and O–H groups in total. The molecule has 2 aliphatic heterocycles. The molecule has 8 nitrogen and oxygen atoms in total. The van der Waals surface area contributed by atoms with Gasteiger partial charge in [0, 0.05) is 45.0 Å². The summed E-state index contributed by atoms with van der Waals surface area (Å²) in [5, 5.41) is 7.39. The number of piperazine rings is 1. The van der Waals surface area contributed by atoms with Crippen molar-refractivity contribution in [3.63, 3.8) is 0 Å². The number of anilines is 2. The van der Waals surface area contributed by atoms with Gasteiger partial charge in [-0.15, -0.1) is 0 Å². The molecule has 2 aromatic heterocycles. The van der Waals surface area contributed by atoms with Crippen LogP contribution in [0, 0.1) is 0 Å². The zero-order valence-corrected chi connectivity index (χ0v) is 17.0. The van der Waals surface area contributed by atoms with Crippen molar-refractivity contribution in [2.45, 2.75) is 18.8 Å². The zero-order chi connectivity index (χ0) is 20.7. The number of hydrogen-bond acceptors (Lipinski definition) is 6. The number of amides is 2. The van der Waals surface area contributed by atoms with Crippen LogP contribution in [0.4, 0.5) is 11.4 Å². The monoisotopic (exact) mass is 424 g/mol. The summed E-state index contributed by atoms with van der Waals surface area (Å²) < 4.78 is 1.78. The molecule has 5 rings (SSSR count). The highest BCUT2D eigenvalue weighted by atomic mass is 35.5. The number of carbonyl (C=O) groups is 2. The number of nitrogens with one attached hydrogen (secondary N) is 1. The Morgan fingerprint density at radius 2 is 1.80 bits per heavy atom. The summed E-state index contributed by atoms with van der Waals surface area (Å²) in [5.41, 5.74) is 3.59. The first kappa shape index (κ1) is 18.9. The zero-order valence-electron chi connectivity index (χ0n) is 16.3. The molecule has 2 amide bonds. The van der Waals surface area contributed by atoms with Crippen molar-refractivity contribution in [2.75, 3.05) is 36.0 Å². The van der Waals surface area contributed by atoms with E-state index in [1.165, 1.54) is 0 Å². The van der Waals surface area contributed by atoms with Gasteiger partial charge in [-0.05, 0) is 24.1 Å². The van der Waals surface area contributed by atoms with Crippen LogP contribution >= 0.6 is 11.6 Å². The van der Waals surface area contributed by atoms with Crippen LogP contribution in [0.2, 0.25) is 5.02 Å². The molecule has 0 aliphatic carbocycles. The van der Waals surface area contributed by atoms with E-state index in [1.807, 2.05) is 36.7 Å². The van der Waals surface area contributed by atoms with Gasteiger partial charge in [0.25, 0.3) is 0 Å². The summed E-state index contributed by atoms with van der Waals surface area (Å²) in [6.07, 6.45) is 6.35. The Morgan fingerprint density at radius 3 is 2.57 bits per heavy atom. The van der Waals surface area contributed by atoms with Crippen molar-refractivity contribution in [1.29, 1.82) is 0 Å². The summed E-state index contributed by atoms with van der Waals surface area (Å²) in [4.78, 5) is 32.7. The maximum absolute atomic E-state index is 12.3. The van der Waals surface area contributed by atoms with Crippen molar-refractivity contribution in [3.05, 3.63) is 53.4 Å². The molecule has 4 heterocycles. The molecule has 9 heteroatoms. The van der Waals surface area contributed by atoms with Crippen molar-refractivity contribution >= 4 is 40.4 Å². The molecule has 1 atom stereocenters. The van der Waals surface area contributed by atoms with Gasteiger partial charge in [0.15, 0.2) is 5.65 Å². The number of nitrogens with zero attached hydrogens (tertiary/aromatic N) is 5. The van der Waals surface area contributed by atoms with E-state index in [-0.39, 0.29) is 17.7 Å². The Kier molecular flexibility index (Phi) is 4.78. The third-order valence-corrected chi connectivity index (χ3v) is 6.26. The summed E-state index contributed by atoms with van der Waals surface area (Å²) in [6.45, 7) is 3.22.